The maximum atomic E-state index is 13.0. The lowest BCUT2D eigenvalue weighted by Gasteiger charge is -2.06. The SMILES string of the molecule is Cn1cc(NC(=O)c2ccc(F)c(F)c2)ccc1=O. The Labute approximate surface area is 107 Å². The van der Waals surface area contributed by atoms with Crippen LogP contribution in [0.25, 0.3) is 0 Å². The number of aryl methyl sites for hydroxylation is 1. The number of hydrogen-bond donors (Lipinski definition) is 1. The molecule has 2 aromatic rings. The summed E-state index contributed by atoms with van der Waals surface area (Å²) in [6.07, 6.45) is 1.43. The molecule has 1 amide bonds. The fraction of sp³-hybridized carbons (Fsp3) is 0.0769. The topological polar surface area (TPSA) is 51.1 Å². The first-order chi connectivity index (χ1) is 8.97. The van der Waals surface area contributed by atoms with E-state index >= 15 is 0 Å². The van der Waals surface area contributed by atoms with Gasteiger partial charge in [-0.05, 0) is 24.3 Å². The van der Waals surface area contributed by atoms with E-state index in [1.165, 1.54) is 36.0 Å². The Morgan fingerprint density at radius 1 is 1.16 bits per heavy atom. The molecule has 6 heteroatoms. The molecule has 0 aliphatic carbocycles. The van der Waals surface area contributed by atoms with E-state index in [-0.39, 0.29) is 11.1 Å². The Morgan fingerprint density at radius 3 is 2.53 bits per heavy atom. The number of nitrogens with one attached hydrogen (secondary N) is 1. The number of carbonyl (C=O) groups excluding carboxylic acids is 1. The Balaban J connectivity index is 2.22. The molecule has 0 atom stereocenters. The normalized spacial score (nSPS) is 10.3. The first-order valence-corrected chi connectivity index (χ1v) is 5.40. The average Bonchev–Trinajstić information content (AvgIpc) is 2.37. The molecule has 0 radical (unpaired) electrons. The van der Waals surface area contributed by atoms with Crippen LogP contribution in [0.15, 0.2) is 41.3 Å². The number of halogens is 2. The molecule has 1 heterocycles. The van der Waals surface area contributed by atoms with Crippen LogP contribution >= 0.6 is 0 Å². The third kappa shape index (κ3) is 2.85. The molecule has 1 N–H and O–H groups in total. The molecule has 98 valence electrons. The van der Waals surface area contributed by atoms with Crippen LogP contribution in [-0.4, -0.2) is 10.5 Å². The van der Waals surface area contributed by atoms with Crippen molar-refractivity contribution in [3.8, 4) is 0 Å². The van der Waals surface area contributed by atoms with Gasteiger partial charge in [-0.15, -0.1) is 0 Å². The minimum Gasteiger partial charge on any atom is -0.321 e. The maximum Gasteiger partial charge on any atom is 0.255 e. The molecule has 0 saturated carbocycles. The number of aromatic nitrogens is 1. The molecule has 0 aliphatic rings. The van der Waals surface area contributed by atoms with Crippen LogP contribution in [-0.2, 0) is 7.05 Å². The van der Waals surface area contributed by atoms with Crippen molar-refractivity contribution >= 4 is 11.6 Å². The van der Waals surface area contributed by atoms with Crippen molar-refractivity contribution in [2.24, 2.45) is 7.05 Å². The van der Waals surface area contributed by atoms with Crippen molar-refractivity contribution in [2.45, 2.75) is 0 Å². The summed E-state index contributed by atoms with van der Waals surface area (Å²) < 4.78 is 27.0. The number of hydrogen-bond acceptors (Lipinski definition) is 2. The molecule has 0 spiro atoms. The van der Waals surface area contributed by atoms with Gasteiger partial charge in [0.2, 0.25) is 5.56 Å². The van der Waals surface area contributed by atoms with E-state index in [0.29, 0.717) is 5.69 Å². The van der Waals surface area contributed by atoms with Gasteiger partial charge in [-0.25, -0.2) is 8.78 Å². The third-order valence-electron chi connectivity index (χ3n) is 2.53. The van der Waals surface area contributed by atoms with Crippen LogP contribution in [0.3, 0.4) is 0 Å². The zero-order valence-electron chi connectivity index (χ0n) is 9.98. The number of anilines is 1. The zero-order chi connectivity index (χ0) is 14.0. The number of nitrogens with zero attached hydrogens (tertiary/aromatic N) is 1. The van der Waals surface area contributed by atoms with E-state index in [2.05, 4.69) is 5.32 Å². The van der Waals surface area contributed by atoms with Crippen LogP contribution in [0.1, 0.15) is 10.4 Å². The van der Waals surface area contributed by atoms with Gasteiger partial charge in [0.05, 0.1) is 5.69 Å². The summed E-state index contributed by atoms with van der Waals surface area (Å²) in [4.78, 5) is 23.0. The van der Waals surface area contributed by atoms with Crippen molar-refractivity contribution in [1.82, 2.24) is 4.57 Å². The van der Waals surface area contributed by atoms with Crippen molar-refractivity contribution in [3.63, 3.8) is 0 Å². The van der Waals surface area contributed by atoms with Crippen molar-refractivity contribution < 1.29 is 13.6 Å². The highest BCUT2D eigenvalue weighted by atomic mass is 19.2. The van der Waals surface area contributed by atoms with Crippen LogP contribution in [0.2, 0.25) is 0 Å². The second-order valence-electron chi connectivity index (χ2n) is 3.95. The average molecular weight is 264 g/mol. The largest absolute Gasteiger partial charge is 0.321 e. The molecule has 0 unspecified atom stereocenters. The summed E-state index contributed by atoms with van der Waals surface area (Å²) in [5, 5.41) is 2.49. The molecular formula is C13H10F2N2O2. The second kappa shape index (κ2) is 5.01. The first-order valence-electron chi connectivity index (χ1n) is 5.40. The number of carbonyl (C=O) groups is 1. The van der Waals surface area contributed by atoms with Crippen LogP contribution in [0.5, 0.6) is 0 Å². The summed E-state index contributed by atoms with van der Waals surface area (Å²) in [6, 6.07) is 5.59. The van der Waals surface area contributed by atoms with Gasteiger partial charge in [0.15, 0.2) is 11.6 Å². The summed E-state index contributed by atoms with van der Waals surface area (Å²) in [6.45, 7) is 0. The monoisotopic (exact) mass is 264 g/mol. The predicted molar refractivity (Wildman–Crippen MR) is 66.0 cm³/mol. The molecule has 0 saturated heterocycles. The van der Waals surface area contributed by atoms with Crippen LogP contribution in [0, 0.1) is 11.6 Å². The van der Waals surface area contributed by atoms with Crippen molar-refractivity contribution in [1.29, 1.82) is 0 Å². The third-order valence-corrected chi connectivity index (χ3v) is 2.53. The van der Waals surface area contributed by atoms with Gasteiger partial charge in [-0.2, -0.15) is 0 Å². The molecular weight excluding hydrogens is 254 g/mol. The lowest BCUT2D eigenvalue weighted by atomic mass is 10.2. The molecule has 19 heavy (non-hydrogen) atoms. The maximum absolute atomic E-state index is 13.0. The fourth-order valence-corrected chi connectivity index (χ4v) is 1.51. The molecule has 2 rings (SSSR count). The lowest BCUT2D eigenvalue weighted by Crippen LogP contribution is -2.18. The van der Waals surface area contributed by atoms with Crippen LogP contribution in [0.4, 0.5) is 14.5 Å². The molecule has 1 aromatic heterocycles. The quantitative estimate of drug-likeness (QED) is 0.900. The van der Waals surface area contributed by atoms with Gasteiger partial charge in [-0.1, -0.05) is 0 Å². The van der Waals surface area contributed by atoms with Gasteiger partial charge in [0.25, 0.3) is 5.91 Å². The standard InChI is InChI=1S/C13H10F2N2O2/c1-17-7-9(3-5-12(17)18)16-13(19)8-2-4-10(14)11(15)6-8/h2-7H,1H3,(H,16,19). The van der Waals surface area contributed by atoms with Gasteiger partial charge in [0.1, 0.15) is 0 Å². The summed E-state index contributed by atoms with van der Waals surface area (Å²) >= 11 is 0. The lowest BCUT2D eigenvalue weighted by molar-refractivity contribution is 0.102. The zero-order valence-corrected chi connectivity index (χ0v) is 9.98. The van der Waals surface area contributed by atoms with Crippen LogP contribution < -0.4 is 10.9 Å². The van der Waals surface area contributed by atoms with E-state index in [1.54, 1.807) is 0 Å². The molecule has 0 bridgehead atoms. The second-order valence-corrected chi connectivity index (χ2v) is 3.95. The van der Waals surface area contributed by atoms with E-state index < -0.39 is 17.5 Å². The molecule has 0 aliphatic heterocycles. The minimum absolute atomic E-state index is 0.00671. The highest BCUT2D eigenvalue weighted by molar-refractivity contribution is 6.04. The smallest absolute Gasteiger partial charge is 0.255 e. The predicted octanol–water partition coefficient (Wildman–Crippen LogP) is 1.92. The fourth-order valence-electron chi connectivity index (χ4n) is 1.51. The van der Waals surface area contributed by atoms with Gasteiger partial charge in [0, 0.05) is 24.9 Å². The van der Waals surface area contributed by atoms with Gasteiger partial charge in [-0.3, -0.25) is 9.59 Å². The summed E-state index contributed by atoms with van der Waals surface area (Å²) in [5.41, 5.74) is 0.162. The summed E-state index contributed by atoms with van der Waals surface area (Å²) in [5.74, 6) is -2.69. The van der Waals surface area contributed by atoms with Gasteiger partial charge < -0.3 is 9.88 Å². The van der Waals surface area contributed by atoms with Crippen molar-refractivity contribution in [2.75, 3.05) is 5.32 Å². The number of rotatable bonds is 2. The molecule has 0 fully saturated rings. The molecule has 4 nitrogen and oxygen atoms in total. The number of amides is 1. The molecule has 1 aromatic carbocycles. The Bertz CT molecular complexity index is 695. The Kier molecular flexibility index (Phi) is 3.41. The Morgan fingerprint density at radius 2 is 1.89 bits per heavy atom. The van der Waals surface area contributed by atoms with Crippen molar-refractivity contribution in [3.05, 3.63) is 64.1 Å². The van der Waals surface area contributed by atoms with E-state index in [4.69, 9.17) is 0 Å². The Hall–Kier alpha value is -2.50. The van der Waals surface area contributed by atoms with Gasteiger partial charge >= 0.3 is 0 Å². The minimum atomic E-state index is -1.09. The number of benzene rings is 1. The summed E-state index contributed by atoms with van der Waals surface area (Å²) in [7, 11) is 1.54. The highest BCUT2D eigenvalue weighted by Gasteiger charge is 2.10. The van der Waals surface area contributed by atoms with E-state index in [0.717, 1.165) is 12.1 Å². The van der Waals surface area contributed by atoms with E-state index in [9.17, 15) is 18.4 Å². The van der Waals surface area contributed by atoms with E-state index in [1.807, 2.05) is 0 Å². The number of pyridine rings is 1. The first kappa shape index (κ1) is 12.9. The highest BCUT2D eigenvalue weighted by Crippen LogP contribution is 2.11.